The van der Waals surface area contributed by atoms with Crippen molar-refractivity contribution in [3.05, 3.63) is 120 Å². The summed E-state index contributed by atoms with van der Waals surface area (Å²) in [5.74, 6) is 0.0883. The van der Waals surface area contributed by atoms with Gasteiger partial charge >= 0.3 is 5.97 Å². The summed E-state index contributed by atoms with van der Waals surface area (Å²) >= 11 is 0. The summed E-state index contributed by atoms with van der Waals surface area (Å²) in [4.78, 5) is 12.4. The molecule has 1 N–H and O–H groups in total. The van der Waals surface area contributed by atoms with Gasteiger partial charge in [-0.1, -0.05) is 93.6 Å². The van der Waals surface area contributed by atoms with Gasteiger partial charge in [0.05, 0.1) is 12.2 Å². The Balaban J connectivity index is 1.56. The first-order valence-corrected chi connectivity index (χ1v) is 13.6. The number of carbonyl (C=O) groups excluding carboxylic acids is 1. The van der Waals surface area contributed by atoms with Crippen LogP contribution in [0.3, 0.4) is 0 Å². The molecule has 0 saturated heterocycles. The van der Waals surface area contributed by atoms with Crippen LogP contribution in [0.25, 0.3) is 0 Å². The first-order chi connectivity index (χ1) is 16.8. The van der Waals surface area contributed by atoms with Crippen LogP contribution in [0.2, 0.25) is 5.04 Å². The molecule has 0 aliphatic carbocycles. The zero-order valence-electron chi connectivity index (χ0n) is 20.3. The Morgan fingerprint density at radius 3 is 1.74 bits per heavy atom. The SMILES string of the molecule is CC(C)(C)[Si](OCc1ccc(OC(=O)c2ccc(O)cc2)cc1)(c1ccccc1)c1ccccc1. The Morgan fingerprint density at radius 1 is 0.743 bits per heavy atom. The molecule has 0 aromatic heterocycles. The molecular weight excluding hydrogens is 452 g/mol. The van der Waals surface area contributed by atoms with Gasteiger partial charge in [-0.25, -0.2) is 4.79 Å². The fraction of sp³-hybridized carbons (Fsp3) is 0.167. The van der Waals surface area contributed by atoms with Crippen molar-refractivity contribution in [2.45, 2.75) is 32.4 Å². The third-order valence-electron chi connectivity index (χ3n) is 6.11. The number of esters is 1. The van der Waals surface area contributed by atoms with Gasteiger partial charge in [-0.3, -0.25) is 0 Å². The number of rotatable bonds is 7. The minimum Gasteiger partial charge on any atom is -0.508 e. The van der Waals surface area contributed by atoms with E-state index < -0.39 is 14.3 Å². The highest BCUT2D eigenvalue weighted by molar-refractivity contribution is 6.99. The van der Waals surface area contributed by atoms with E-state index in [1.54, 1.807) is 12.1 Å². The van der Waals surface area contributed by atoms with E-state index in [0.717, 1.165) is 5.56 Å². The number of hydrogen-bond acceptors (Lipinski definition) is 4. The molecule has 4 aromatic carbocycles. The highest BCUT2D eigenvalue weighted by Crippen LogP contribution is 2.37. The Morgan fingerprint density at radius 2 is 1.26 bits per heavy atom. The average molecular weight is 483 g/mol. The Kier molecular flexibility index (Phi) is 7.19. The largest absolute Gasteiger partial charge is 0.508 e. The minimum absolute atomic E-state index is 0.102. The van der Waals surface area contributed by atoms with Crippen molar-refractivity contribution in [1.82, 2.24) is 0 Å². The summed E-state index contributed by atoms with van der Waals surface area (Å²) in [6, 6.07) is 34.5. The van der Waals surface area contributed by atoms with E-state index in [2.05, 4.69) is 69.3 Å². The summed E-state index contributed by atoms with van der Waals surface area (Å²) in [5.41, 5.74) is 1.38. The molecule has 0 aliphatic heterocycles. The van der Waals surface area contributed by atoms with Gasteiger partial charge in [-0.15, -0.1) is 0 Å². The summed E-state index contributed by atoms with van der Waals surface area (Å²) in [6.45, 7) is 7.21. The molecule has 0 saturated carbocycles. The van der Waals surface area contributed by atoms with Crippen molar-refractivity contribution in [1.29, 1.82) is 0 Å². The normalized spacial score (nSPS) is 11.7. The van der Waals surface area contributed by atoms with E-state index in [0.29, 0.717) is 17.9 Å². The van der Waals surface area contributed by atoms with E-state index in [9.17, 15) is 9.90 Å². The number of phenolic OH excluding ortho intramolecular Hbond substituents is 1. The Bertz CT molecular complexity index is 1210. The first-order valence-electron chi connectivity index (χ1n) is 11.6. The lowest BCUT2D eigenvalue weighted by atomic mass is 10.2. The Hall–Kier alpha value is -3.67. The lowest BCUT2D eigenvalue weighted by Crippen LogP contribution is -2.66. The van der Waals surface area contributed by atoms with Crippen LogP contribution in [-0.4, -0.2) is 19.4 Å². The van der Waals surface area contributed by atoms with E-state index in [4.69, 9.17) is 9.16 Å². The second-order valence-corrected chi connectivity index (χ2v) is 13.8. The van der Waals surface area contributed by atoms with Gasteiger partial charge in [0.15, 0.2) is 0 Å². The maximum Gasteiger partial charge on any atom is 0.343 e. The van der Waals surface area contributed by atoms with Gasteiger partial charge in [0, 0.05) is 0 Å². The molecule has 0 heterocycles. The highest BCUT2D eigenvalue weighted by Gasteiger charge is 2.50. The van der Waals surface area contributed by atoms with Crippen LogP contribution in [0.4, 0.5) is 0 Å². The van der Waals surface area contributed by atoms with Gasteiger partial charge in [0.25, 0.3) is 8.32 Å². The minimum atomic E-state index is -2.63. The molecule has 5 heteroatoms. The number of carbonyl (C=O) groups is 1. The van der Waals surface area contributed by atoms with Crippen LogP contribution in [0.5, 0.6) is 11.5 Å². The lowest BCUT2D eigenvalue weighted by molar-refractivity contribution is 0.0734. The van der Waals surface area contributed by atoms with Crippen LogP contribution in [-0.2, 0) is 11.0 Å². The summed E-state index contributed by atoms with van der Waals surface area (Å²) in [6.07, 6.45) is 0. The van der Waals surface area contributed by atoms with E-state index in [1.807, 2.05) is 24.3 Å². The quantitative estimate of drug-likeness (QED) is 0.209. The third kappa shape index (κ3) is 5.37. The molecule has 0 amide bonds. The van der Waals surface area contributed by atoms with Crippen molar-refractivity contribution >= 4 is 24.7 Å². The zero-order valence-corrected chi connectivity index (χ0v) is 21.3. The molecule has 4 rings (SSSR count). The van der Waals surface area contributed by atoms with Crippen molar-refractivity contribution in [3.63, 3.8) is 0 Å². The van der Waals surface area contributed by atoms with Crippen LogP contribution in [0.15, 0.2) is 109 Å². The molecule has 4 aromatic rings. The van der Waals surface area contributed by atoms with E-state index >= 15 is 0 Å². The topological polar surface area (TPSA) is 55.8 Å². The standard InChI is InChI=1S/C30H30O4Si/c1-30(2,3)35(27-10-6-4-7-11-27,28-12-8-5-9-13-28)33-22-23-14-20-26(21-15-23)34-29(32)24-16-18-25(31)19-17-24/h4-21,31H,22H2,1-3H3. The number of phenols is 1. The fourth-order valence-electron chi connectivity index (χ4n) is 4.37. The van der Waals surface area contributed by atoms with Crippen LogP contribution >= 0.6 is 0 Å². The number of aromatic hydroxyl groups is 1. The molecular formula is C30H30O4Si. The van der Waals surface area contributed by atoms with Crippen molar-refractivity contribution in [3.8, 4) is 11.5 Å². The molecule has 0 atom stereocenters. The molecule has 35 heavy (non-hydrogen) atoms. The van der Waals surface area contributed by atoms with Gasteiger partial charge in [-0.05, 0) is 57.4 Å². The van der Waals surface area contributed by atoms with Crippen LogP contribution in [0, 0.1) is 0 Å². The van der Waals surface area contributed by atoms with Crippen LogP contribution in [0.1, 0.15) is 36.7 Å². The van der Waals surface area contributed by atoms with E-state index in [1.165, 1.54) is 34.6 Å². The third-order valence-corrected chi connectivity index (χ3v) is 11.1. The van der Waals surface area contributed by atoms with Crippen molar-refractivity contribution in [2.24, 2.45) is 0 Å². The predicted molar refractivity (Wildman–Crippen MR) is 142 cm³/mol. The fourth-order valence-corrected chi connectivity index (χ4v) is 8.91. The number of ether oxygens (including phenoxy) is 1. The summed E-state index contributed by atoms with van der Waals surface area (Å²) in [5, 5.41) is 11.8. The number of hydrogen-bond donors (Lipinski definition) is 1. The molecule has 0 fully saturated rings. The Labute approximate surface area is 207 Å². The molecule has 4 nitrogen and oxygen atoms in total. The first kappa shape index (κ1) is 24.5. The average Bonchev–Trinajstić information content (AvgIpc) is 2.86. The van der Waals surface area contributed by atoms with Gasteiger partial charge in [0.1, 0.15) is 11.5 Å². The van der Waals surface area contributed by atoms with Crippen molar-refractivity contribution < 1.29 is 19.1 Å². The maximum atomic E-state index is 12.4. The second kappa shape index (κ2) is 10.3. The monoisotopic (exact) mass is 482 g/mol. The zero-order chi connectivity index (χ0) is 24.9. The molecule has 0 bridgehead atoms. The van der Waals surface area contributed by atoms with Gasteiger partial charge in [0.2, 0.25) is 0 Å². The number of benzene rings is 4. The molecule has 0 unspecified atom stereocenters. The molecule has 178 valence electrons. The summed E-state index contributed by atoms with van der Waals surface area (Å²) in [7, 11) is -2.63. The van der Waals surface area contributed by atoms with E-state index in [-0.39, 0.29) is 10.8 Å². The maximum absolute atomic E-state index is 12.4. The van der Waals surface area contributed by atoms with Gasteiger partial charge < -0.3 is 14.3 Å². The second-order valence-electron chi connectivity index (χ2n) is 9.53. The van der Waals surface area contributed by atoms with Crippen molar-refractivity contribution in [2.75, 3.05) is 0 Å². The molecule has 0 radical (unpaired) electrons. The smallest absolute Gasteiger partial charge is 0.343 e. The molecule has 0 spiro atoms. The van der Waals surface area contributed by atoms with Crippen LogP contribution < -0.4 is 15.1 Å². The highest BCUT2D eigenvalue weighted by atomic mass is 28.4. The molecule has 0 aliphatic rings. The van der Waals surface area contributed by atoms with Gasteiger partial charge in [-0.2, -0.15) is 0 Å². The predicted octanol–water partition coefficient (Wildman–Crippen LogP) is 5.69. The summed E-state index contributed by atoms with van der Waals surface area (Å²) < 4.78 is 12.4. The lowest BCUT2D eigenvalue weighted by Gasteiger charge is -2.43.